The number of benzene rings is 1. The molecule has 1 heterocycles. The molecule has 1 nitrogen and oxygen atoms in total. The summed E-state index contributed by atoms with van der Waals surface area (Å²) in [6.07, 6.45) is -4.31. The predicted octanol–water partition coefficient (Wildman–Crippen LogP) is 3.80. The van der Waals surface area contributed by atoms with Crippen LogP contribution in [0, 0.1) is 13.8 Å². The lowest BCUT2D eigenvalue weighted by Crippen LogP contribution is -2.04. The molecule has 0 amide bonds. The van der Waals surface area contributed by atoms with E-state index in [1.165, 1.54) is 0 Å². The Labute approximate surface area is 84.9 Å². The fraction of sp³-hybridized carbons (Fsp3) is 0.273. The van der Waals surface area contributed by atoms with E-state index in [4.69, 9.17) is 0 Å². The van der Waals surface area contributed by atoms with Gasteiger partial charge in [0.05, 0.1) is 0 Å². The van der Waals surface area contributed by atoms with Gasteiger partial charge in [-0.2, -0.15) is 13.2 Å². The number of alkyl halides is 3. The number of aromatic amines is 1. The average molecular weight is 213 g/mol. The minimum absolute atomic E-state index is 0.563. The molecule has 0 saturated carbocycles. The summed E-state index contributed by atoms with van der Waals surface area (Å²) in [7, 11) is 0. The van der Waals surface area contributed by atoms with Crippen molar-refractivity contribution in [3.63, 3.8) is 0 Å². The molecule has 0 fully saturated rings. The van der Waals surface area contributed by atoms with Crippen molar-refractivity contribution in [3.8, 4) is 0 Å². The van der Waals surface area contributed by atoms with Crippen molar-refractivity contribution >= 4 is 10.9 Å². The molecule has 1 aromatic heterocycles. The lowest BCUT2D eigenvalue weighted by Gasteiger charge is -2.01. The van der Waals surface area contributed by atoms with Crippen molar-refractivity contribution in [2.75, 3.05) is 0 Å². The number of hydrogen-bond donors (Lipinski definition) is 1. The van der Waals surface area contributed by atoms with E-state index in [0.717, 1.165) is 17.2 Å². The highest BCUT2D eigenvalue weighted by atomic mass is 19.4. The van der Waals surface area contributed by atoms with E-state index in [-0.39, 0.29) is 0 Å². The summed E-state index contributed by atoms with van der Waals surface area (Å²) in [5.41, 5.74) is 1.67. The van der Waals surface area contributed by atoms with Gasteiger partial charge < -0.3 is 4.98 Å². The summed E-state index contributed by atoms with van der Waals surface area (Å²) in [6.45, 7) is 3.67. The third-order valence-corrected chi connectivity index (χ3v) is 2.38. The molecule has 0 saturated heterocycles. The van der Waals surface area contributed by atoms with Crippen molar-refractivity contribution in [3.05, 3.63) is 35.0 Å². The molecule has 2 rings (SSSR count). The van der Waals surface area contributed by atoms with Gasteiger partial charge in [-0.1, -0.05) is 11.6 Å². The third kappa shape index (κ3) is 1.71. The van der Waals surface area contributed by atoms with Gasteiger partial charge in [0.2, 0.25) is 0 Å². The molecule has 0 bridgehead atoms. The van der Waals surface area contributed by atoms with Crippen LogP contribution < -0.4 is 0 Å². The molecule has 80 valence electrons. The molecule has 0 atom stereocenters. The van der Waals surface area contributed by atoms with Gasteiger partial charge in [0, 0.05) is 10.9 Å². The number of aromatic nitrogens is 1. The lowest BCUT2D eigenvalue weighted by atomic mass is 10.1. The molecule has 0 aliphatic rings. The SMILES string of the molecule is Cc1cc(C)c2[nH]c(C(F)(F)F)cc2c1. The topological polar surface area (TPSA) is 15.8 Å². The Morgan fingerprint density at radius 2 is 1.73 bits per heavy atom. The quantitative estimate of drug-likeness (QED) is 0.685. The Balaban J connectivity index is 2.71. The lowest BCUT2D eigenvalue weighted by molar-refractivity contribution is -0.140. The number of halogens is 3. The van der Waals surface area contributed by atoms with Crippen LogP contribution in [0.3, 0.4) is 0 Å². The van der Waals surface area contributed by atoms with Crippen LogP contribution in [0.5, 0.6) is 0 Å². The zero-order valence-electron chi connectivity index (χ0n) is 8.37. The molecule has 0 aliphatic carbocycles. The minimum Gasteiger partial charge on any atom is -0.351 e. The smallest absolute Gasteiger partial charge is 0.351 e. The molecule has 1 aromatic carbocycles. The standard InChI is InChI=1S/C11H10F3N/c1-6-3-7(2)10-8(4-6)5-9(15-10)11(12,13)14/h3-5,15H,1-2H3. The first-order chi connectivity index (χ1) is 6.88. The molecule has 2 aromatic rings. The second-order valence-corrected chi connectivity index (χ2v) is 3.73. The van der Waals surface area contributed by atoms with E-state index in [0.29, 0.717) is 10.9 Å². The molecule has 0 unspecified atom stereocenters. The van der Waals surface area contributed by atoms with Crippen molar-refractivity contribution in [1.82, 2.24) is 4.98 Å². The van der Waals surface area contributed by atoms with Gasteiger partial charge in [0.15, 0.2) is 0 Å². The fourth-order valence-corrected chi connectivity index (χ4v) is 1.76. The first kappa shape index (κ1) is 10.1. The highest BCUT2D eigenvalue weighted by Gasteiger charge is 2.32. The molecular formula is C11H10F3N. The van der Waals surface area contributed by atoms with Crippen LogP contribution in [0.25, 0.3) is 10.9 Å². The molecule has 15 heavy (non-hydrogen) atoms. The van der Waals surface area contributed by atoms with Gasteiger partial charge in [0.25, 0.3) is 0 Å². The largest absolute Gasteiger partial charge is 0.431 e. The maximum Gasteiger partial charge on any atom is 0.431 e. The Hall–Kier alpha value is -1.45. The fourth-order valence-electron chi connectivity index (χ4n) is 1.76. The Morgan fingerprint density at radius 1 is 1.07 bits per heavy atom. The van der Waals surface area contributed by atoms with E-state index in [9.17, 15) is 13.2 Å². The summed E-state index contributed by atoms with van der Waals surface area (Å²) >= 11 is 0. The first-order valence-corrected chi connectivity index (χ1v) is 4.55. The van der Waals surface area contributed by atoms with Crippen LogP contribution in [0.4, 0.5) is 13.2 Å². The Morgan fingerprint density at radius 3 is 2.33 bits per heavy atom. The van der Waals surface area contributed by atoms with Gasteiger partial charge in [-0.15, -0.1) is 0 Å². The van der Waals surface area contributed by atoms with Crippen LogP contribution in [-0.2, 0) is 6.18 Å². The zero-order valence-corrected chi connectivity index (χ0v) is 8.37. The van der Waals surface area contributed by atoms with Gasteiger partial charge in [-0.3, -0.25) is 0 Å². The van der Waals surface area contributed by atoms with Crippen LogP contribution >= 0.6 is 0 Å². The van der Waals surface area contributed by atoms with Gasteiger partial charge in [-0.25, -0.2) is 0 Å². The van der Waals surface area contributed by atoms with Gasteiger partial charge >= 0.3 is 6.18 Å². The highest BCUT2D eigenvalue weighted by molar-refractivity contribution is 5.84. The molecular weight excluding hydrogens is 203 g/mol. The van der Waals surface area contributed by atoms with Gasteiger partial charge in [0.1, 0.15) is 5.69 Å². The maximum atomic E-state index is 12.4. The normalized spacial score (nSPS) is 12.3. The van der Waals surface area contributed by atoms with E-state index >= 15 is 0 Å². The number of rotatable bonds is 0. The number of hydrogen-bond acceptors (Lipinski definition) is 0. The van der Waals surface area contributed by atoms with Crippen LogP contribution in [0.2, 0.25) is 0 Å². The molecule has 4 heteroatoms. The number of aryl methyl sites for hydroxylation is 2. The van der Waals surface area contributed by atoms with Gasteiger partial charge in [-0.05, 0) is 31.5 Å². The first-order valence-electron chi connectivity index (χ1n) is 4.55. The zero-order chi connectivity index (χ0) is 11.2. The number of fused-ring (bicyclic) bond motifs is 1. The van der Waals surface area contributed by atoms with E-state index < -0.39 is 11.9 Å². The van der Waals surface area contributed by atoms with Crippen molar-refractivity contribution in [2.24, 2.45) is 0 Å². The maximum absolute atomic E-state index is 12.4. The summed E-state index contributed by atoms with van der Waals surface area (Å²) < 4.78 is 37.3. The summed E-state index contributed by atoms with van der Waals surface area (Å²) in [4.78, 5) is 2.41. The van der Waals surface area contributed by atoms with Crippen molar-refractivity contribution in [2.45, 2.75) is 20.0 Å². The van der Waals surface area contributed by atoms with Crippen molar-refractivity contribution in [1.29, 1.82) is 0 Å². The summed E-state index contributed by atoms with van der Waals surface area (Å²) in [6, 6.07) is 4.75. The highest BCUT2D eigenvalue weighted by Crippen LogP contribution is 2.32. The molecule has 0 aliphatic heterocycles. The predicted molar refractivity (Wildman–Crippen MR) is 52.8 cm³/mol. The average Bonchev–Trinajstić information content (AvgIpc) is 2.46. The Bertz CT molecular complexity index is 508. The van der Waals surface area contributed by atoms with E-state index in [2.05, 4.69) is 4.98 Å². The van der Waals surface area contributed by atoms with Crippen molar-refractivity contribution < 1.29 is 13.2 Å². The second-order valence-electron chi connectivity index (χ2n) is 3.73. The van der Waals surface area contributed by atoms with E-state index in [1.807, 2.05) is 13.0 Å². The monoisotopic (exact) mass is 213 g/mol. The third-order valence-electron chi connectivity index (χ3n) is 2.38. The summed E-state index contributed by atoms with van der Waals surface area (Å²) in [5.74, 6) is 0. The number of H-pyrrole nitrogens is 1. The van der Waals surface area contributed by atoms with E-state index in [1.54, 1.807) is 13.0 Å². The Kier molecular flexibility index (Phi) is 2.03. The second kappa shape index (κ2) is 3.02. The van der Waals surface area contributed by atoms with Crippen LogP contribution in [0.15, 0.2) is 18.2 Å². The minimum atomic E-state index is -4.31. The number of nitrogens with one attached hydrogen (secondary N) is 1. The van der Waals surface area contributed by atoms with Crippen LogP contribution in [-0.4, -0.2) is 4.98 Å². The molecule has 0 spiro atoms. The molecule has 1 N–H and O–H groups in total. The van der Waals surface area contributed by atoms with Crippen LogP contribution in [0.1, 0.15) is 16.8 Å². The summed E-state index contributed by atoms with van der Waals surface area (Å²) in [5, 5.41) is 0.611. The molecule has 0 radical (unpaired) electrons.